The average molecular weight is 495 g/mol. The van der Waals surface area contributed by atoms with Crippen molar-refractivity contribution in [2.45, 2.75) is 0 Å². The number of ketones is 1. The van der Waals surface area contributed by atoms with E-state index < -0.39 is 11.7 Å². The Bertz CT molecular complexity index is 1340. The molecule has 1 N–H and O–H groups in total. The van der Waals surface area contributed by atoms with Crippen LogP contribution in [-0.4, -0.2) is 69.8 Å². The van der Waals surface area contributed by atoms with Gasteiger partial charge in [0.2, 0.25) is 0 Å². The molecule has 10 heteroatoms. The minimum Gasteiger partial charge on any atom is -0.494 e. The number of Topliss-reactive ketones (excluding diaryl/α,β-unsaturated/α-hetero) is 1. The summed E-state index contributed by atoms with van der Waals surface area (Å²) in [4.78, 5) is 45.8. The molecular weight excluding hydrogens is 476 g/mol. The van der Waals surface area contributed by atoms with Crippen molar-refractivity contribution in [1.29, 1.82) is 0 Å². The Kier molecular flexibility index (Phi) is 5.22. The molecule has 0 atom stereocenters. The number of carbonyl (C=O) groups is 2. The number of carbonyl (C=O) groups excluding carboxylic acids is 2. The second kappa shape index (κ2) is 8.19. The first kappa shape index (κ1) is 20.4. The monoisotopic (exact) mass is 494 g/mol. The van der Waals surface area contributed by atoms with Crippen molar-refractivity contribution in [1.82, 2.24) is 24.8 Å². The third-order valence-corrected chi connectivity index (χ3v) is 6.28. The first-order valence-corrected chi connectivity index (χ1v) is 10.9. The van der Waals surface area contributed by atoms with Gasteiger partial charge in [-0.05, 0) is 28.1 Å². The summed E-state index contributed by atoms with van der Waals surface area (Å²) in [5.74, 6) is 0.162. The number of hydrogen-bond donors (Lipinski definition) is 1. The molecule has 4 aromatic rings. The molecule has 3 aromatic heterocycles. The van der Waals surface area contributed by atoms with Crippen LogP contribution in [0.5, 0.6) is 5.75 Å². The number of halogens is 1. The number of para-hydroxylation sites is 1. The number of aromatic amines is 1. The number of amides is 1. The fraction of sp³-hybridized carbons (Fsp3) is 0.227. The lowest BCUT2D eigenvalue weighted by Crippen LogP contribution is -2.51. The molecule has 32 heavy (non-hydrogen) atoms. The van der Waals surface area contributed by atoms with Crippen molar-refractivity contribution in [3.05, 3.63) is 53.2 Å². The highest BCUT2D eigenvalue weighted by Crippen LogP contribution is 2.32. The van der Waals surface area contributed by atoms with Gasteiger partial charge in [0.25, 0.3) is 11.7 Å². The summed E-state index contributed by atoms with van der Waals surface area (Å²) in [6, 6.07) is 7.83. The zero-order chi connectivity index (χ0) is 22.2. The number of pyridine rings is 1. The summed E-state index contributed by atoms with van der Waals surface area (Å²) >= 11 is 3.36. The highest BCUT2D eigenvalue weighted by molar-refractivity contribution is 9.10. The van der Waals surface area contributed by atoms with Crippen LogP contribution in [-0.2, 0) is 4.79 Å². The number of nitrogens with zero attached hydrogens (tertiary/aromatic N) is 5. The molecule has 162 valence electrons. The van der Waals surface area contributed by atoms with Crippen LogP contribution in [0.15, 0.2) is 47.6 Å². The number of fused-ring (bicyclic) bond motifs is 2. The van der Waals surface area contributed by atoms with Crippen LogP contribution in [0.4, 0.5) is 5.82 Å². The van der Waals surface area contributed by atoms with Gasteiger partial charge in [-0.15, -0.1) is 0 Å². The maximum Gasteiger partial charge on any atom is 0.295 e. The van der Waals surface area contributed by atoms with E-state index in [0.29, 0.717) is 47.4 Å². The standard InChI is InChI=1S/C22H19BrN6O3/c1-32-16-11-25-20(23)18-17(16)14(10-24-18)19(30)22(31)29-8-6-28(7-9-29)21-13-4-2-3-5-15(13)26-12-27-21/h2-5,10-12,24H,6-9H2,1H3. The van der Waals surface area contributed by atoms with E-state index in [9.17, 15) is 9.59 Å². The summed E-state index contributed by atoms with van der Waals surface area (Å²) in [6.45, 7) is 2.00. The third kappa shape index (κ3) is 3.36. The summed E-state index contributed by atoms with van der Waals surface area (Å²) in [6.07, 6.45) is 4.60. The number of methoxy groups -OCH3 is 1. The van der Waals surface area contributed by atoms with Crippen LogP contribution < -0.4 is 9.64 Å². The van der Waals surface area contributed by atoms with Crippen molar-refractivity contribution in [2.24, 2.45) is 0 Å². The van der Waals surface area contributed by atoms with Gasteiger partial charge < -0.3 is 19.5 Å². The Labute approximate surface area is 191 Å². The molecule has 0 aliphatic carbocycles. The number of anilines is 1. The first-order valence-electron chi connectivity index (χ1n) is 10.1. The summed E-state index contributed by atoms with van der Waals surface area (Å²) in [5, 5.41) is 1.51. The van der Waals surface area contributed by atoms with Crippen LogP contribution in [0, 0.1) is 0 Å². The van der Waals surface area contributed by atoms with Crippen molar-refractivity contribution in [2.75, 3.05) is 38.2 Å². The molecule has 1 fully saturated rings. The number of H-pyrrole nitrogens is 1. The van der Waals surface area contributed by atoms with Crippen molar-refractivity contribution >= 4 is 55.2 Å². The molecule has 1 aliphatic rings. The van der Waals surface area contributed by atoms with E-state index >= 15 is 0 Å². The van der Waals surface area contributed by atoms with Gasteiger partial charge in [-0.25, -0.2) is 15.0 Å². The Balaban J connectivity index is 1.35. The molecule has 5 rings (SSSR count). The predicted molar refractivity (Wildman–Crippen MR) is 123 cm³/mol. The number of hydrogen-bond acceptors (Lipinski definition) is 7. The first-order chi connectivity index (χ1) is 15.6. The molecule has 4 heterocycles. The van der Waals surface area contributed by atoms with Crippen LogP contribution in [0.3, 0.4) is 0 Å². The Morgan fingerprint density at radius 2 is 1.88 bits per heavy atom. The van der Waals surface area contributed by atoms with E-state index in [1.54, 1.807) is 11.2 Å². The smallest absolute Gasteiger partial charge is 0.295 e. The second-order valence-corrected chi connectivity index (χ2v) is 8.14. The van der Waals surface area contributed by atoms with Crippen molar-refractivity contribution in [3.63, 3.8) is 0 Å². The lowest BCUT2D eigenvalue weighted by molar-refractivity contribution is -0.126. The predicted octanol–water partition coefficient (Wildman–Crippen LogP) is 2.81. The molecule has 0 bridgehead atoms. The average Bonchev–Trinajstić information content (AvgIpc) is 3.29. The minimum atomic E-state index is -0.575. The quantitative estimate of drug-likeness (QED) is 0.264. The zero-order valence-corrected chi connectivity index (χ0v) is 18.8. The lowest BCUT2D eigenvalue weighted by Gasteiger charge is -2.35. The van der Waals surface area contributed by atoms with Gasteiger partial charge in [-0.2, -0.15) is 0 Å². The number of piperazine rings is 1. The van der Waals surface area contributed by atoms with E-state index in [4.69, 9.17) is 4.74 Å². The molecule has 1 saturated heterocycles. The molecule has 1 amide bonds. The van der Waals surface area contributed by atoms with Gasteiger partial charge in [-0.3, -0.25) is 9.59 Å². The highest BCUT2D eigenvalue weighted by Gasteiger charge is 2.30. The molecular formula is C22H19BrN6O3. The van der Waals surface area contributed by atoms with E-state index in [0.717, 1.165) is 16.7 Å². The van der Waals surface area contributed by atoms with Gasteiger partial charge in [0.15, 0.2) is 0 Å². The van der Waals surface area contributed by atoms with E-state index in [1.165, 1.54) is 19.5 Å². The van der Waals surface area contributed by atoms with Crippen LogP contribution in [0.1, 0.15) is 10.4 Å². The van der Waals surface area contributed by atoms with Crippen molar-refractivity contribution < 1.29 is 14.3 Å². The molecule has 0 spiro atoms. The zero-order valence-electron chi connectivity index (χ0n) is 17.2. The number of rotatable bonds is 4. The third-order valence-electron chi connectivity index (χ3n) is 5.68. The van der Waals surface area contributed by atoms with Gasteiger partial charge in [0, 0.05) is 37.8 Å². The normalized spacial score (nSPS) is 14.2. The maximum atomic E-state index is 13.1. The maximum absolute atomic E-state index is 13.1. The Morgan fingerprint density at radius 1 is 1.09 bits per heavy atom. The Morgan fingerprint density at radius 3 is 2.66 bits per heavy atom. The number of benzene rings is 1. The van der Waals surface area contributed by atoms with Gasteiger partial charge in [0.1, 0.15) is 22.5 Å². The summed E-state index contributed by atoms with van der Waals surface area (Å²) in [7, 11) is 1.50. The fourth-order valence-electron chi connectivity index (χ4n) is 4.04. The fourth-order valence-corrected chi connectivity index (χ4v) is 4.46. The molecule has 0 unspecified atom stereocenters. The van der Waals surface area contributed by atoms with Crippen LogP contribution in [0.2, 0.25) is 0 Å². The minimum absolute atomic E-state index is 0.272. The molecule has 1 aromatic carbocycles. The Hall–Kier alpha value is -3.53. The molecule has 0 saturated carbocycles. The highest BCUT2D eigenvalue weighted by atomic mass is 79.9. The van der Waals surface area contributed by atoms with E-state index in [-0.39, 0.29) is 5.56 Å². The molecule has 0 radical (unpaired) electrons. The van der Waals surface area contributed by atoms with Crippen LogP contribution >= 0.6 is 15.9 Å². The SMILES string of the molecule is COc1cnc(Br)c2[nH]cc(C(=O)C(=O)N3CCN(c4ncnc5ccccc45)CC3)c12. The van der Waals surface area contributed by atoms with Crippen molar-refractivity contribution in [3.8, 4) is 5.75 Å². The second-order valence-electron chi connectivity index (χ2n) is 7.39. The van der Waals surface area contributed by atoms with E-state index in [1.807, 2.05) is 24.3 Å². The molecule has 9 nitrogen and oxygen atoms in total. The number of nitrogens with one attached hydrogen (secondary N) is 1. The lowest BCUT2D eigenvalue weighted by atomic mass is 10.1. The largest absolute Gasteiger partial charge is 0.494 e. The topological polar surface area (TPSA) is 104 Å². The van der Waals surface area contributed by atoms with Gasteiger partial charge in [0.05, 0.1) is 35.3 Å². The van der Waals surface area contributed by atoms with E-state index in [2.05, 4.69) is 40.8 Å². The van der Waals surface area contributed by atoms with Crippen LogP contribution in [0.25, 0.3) is 21.8 Å². The number of ether oxygens (including phenoxy) is 1. The molecule has 1 aliphatic heterocycles. The summed E-state index contributed by atoms with van der Waals surface area (Å²) in [5.41, 5.74) is 1.76. The van der Waals surface area contributed by atoms with Gasteiger partial charge in [-0.1, -0.05) is 12.1 Å². The van der Waals surface area contributed by atoms with Gasteiger partial charge >= 0.3 is 0 Å². The number of aromatic nitrogens is 4. The summed E-state index contributed by atoms with van der Waals surface area (Å²) < 4.78 is 5.90.